The van der Waals surface area contributed by atoms with Gasteiger partial charge in [0.05, 0.1) is 21.8 Å². The molecule has 0 radical (unpaired) electrons. The van der Waals surface area contributed by atoms with E-state index in [9.17, 15) is 0 Å². The van der Waals surface area contributed by atoms with Gasteiger partial charge in [0.15, 0.2) is 6.20 Å². The highest BCUT2D eigenvalue weighted by Gasteiger charge is 2.43. The Morgan fingerprint density at radius 1 is 0.781 bits per heavy atom. The van der Waals surface area contributed by atoms with Gasteiger partial charge in [0.2, 0.25) is 5.69 Å². The van der Waals surface area contributed by atoms with Crippen LogP contribution in [0, 0.1) is 6.92 Å². The van der Waals surface area contributed by atoms with Gasteiger partial charge in [-0.15, -0.1) is 0 Å². The Hall–Kier alpha value is -3.65. The fraction of sp³-hybridized carbons (Fsp3) is 0.167. The lowest BCUT2D eigenvalue weighted by molar-refractivity contribution is -0.658. The summed E-state index contributed by atoms with van der Waals surface area (Å²) in [6.45, 7) is 6.99. The van der Waals surface area contributed by atoms with Crippen LogP contribution >= 0.6 is 0 Å². The normalized spacial score (nSPS) is 14.5. The Balaban J connectivity index is 1.83. The van der Waals surface area contributed by atoms with Gasteiger partial charge < -0.3 is 4.40 Å². The van der Waals surface area contributed by atoms with Crippen molar-refractivity contribution in [3.05, 3.63) is 95.8 Å². The summed E-state index contributed by atoms with van der Waals surface area (Å²) in [4.78, 5) is 0. The third-order valence-corrected chi connectivity index (χ3v) is 7.64. The molecule has 3 heterocycles. The van der Waals surface area contributed by atoms with Crippen LogP contribution in [0.1, 0.15) is 30.7 Å². The molecule has 3 aromatic carbocycles. The summed E-state index contributed by atoms with van der Waals surface area (Å²) in [6, 6.07) is 26.6. The van der Waals surface area contributed by atoms with Crippen LogP contribution in [0.2, 0.25) is 0 Å². The summed E-state index contributed by atoms with van der Waals surface area (Å²) in [7, 11) is 2.20. The van der Waals surface area contributed by atoms with E-state index in [1.165, 1.54) is 66.4 Å². The predicted molar refractivity (Wildman–Crippen MR) is 133 cm³/mol. The van der Waals surface area contributed by atoms with Crippen molar-refractivity contribution in [2.45, 2.75) is 26.2 Å². The van der Waals surface area contributed by atoms with E-state index in [1.54, 1.807) is 0 Å². The Morgan fingerprint density at radius 3 is 2.28 bits per heavy atom. The lowest BCUT2D eigenvalue weighted by Gasteiger charge is -2.21. The number of para-hydroxylation sites is 1. The molecule has 0 saturated heterocycles. The number of nitrogens with zero attached hydrogens (tertiary/aromatic N) is 2. The van der Waals surface area contributed by atoms with Crippen molar-refractivity contribution < 1.29 is 4.57 Å². The number of aryl methyl sites for hydroxylation is 2. The summed E-state index contributed by atoms with van der Waals surface area (Å²) >= 11 is 0. The minimum absolute atomic E-state index is 0.0682. The van der Waals surface area contributed by atoms with E-state index in [2.05, 4.69) is 116 Å². The van der Waals surface area contributed by atoms with Crippen LogP contribution in [0.3, 0.4) is 0 Å². The first kappa shape index (κ1) is 18.0. The third kappa shape index (κ3) is 1.94. The fourth-order valence-corrected chi connectivity index (χ4v) is 6.28. The lowest BCUT2D eigenvalue weighted by Crippen LogP contribution is -2.31. The second-order valence-corrected chi connectivity index (χ2v) is 9.79. The number of hydrogen-bond acceptors (Lipinski definition) is 0. The summed E-state index contributed by atoms with van der Waals surface area (Å²) in [5.74, 6) is 0. The number of aromatic nitrogens is 2. The van der Waals surface area contributed by atoms with Gasteiger partial charge in [-0.3, -0.25) is 0 Å². The Kier molecular flexibility index (Phi) is 3.24. The van der Waals surface area contributed by atoms with Gasteiger partial charge in [-0.2, -0.15) is 4.57 Å². The maximum Gasteiger partial charge on any atom is 0.222 e. The van der Waals surface area contributed by atoms with Gasteiger partial charge in [-0.05, 0) is 35.7 Å². The largest absolute Gasteiger partial charge is 0.310 e. The molecule has 0 N–H and O–H groups in total. The monoisotopic (exact) mass is 413 g/mol. The molecule has 32 heavy (non-hydrogen) atoms. The SMILES string of the molecule is Cc1ccccc1-c1c2c3c(n4c5ccccc5c(c[n+]1C)c24)C(C)(C)c1ccccc1-3. The van der Waals surface area contributed by atoms with Crippen molar-refractivity contribution in [2.24, 2.45) is 7.05 Å². The molecule has 6 aromatic rings. The average Bonchev–Trinajstić information content (AvgIpc) is 3.38. The van der Waals surface area contributed by atoms with Crippen LogP contribution in [0.15, 0.2) is 79.0 Å². The fourth-order valence-electron chi connectivity index (χ4n) is 6.28. The molecule has 154 valence electrons. The van der Waals surface area contributed by atoms with E-state index in [1.807, 2.05) is 0 Å². The van der Waals surface area contributed by atoms with Crippen LogP contribution in [0.4, 0.5) is 0 Å². The van der Waals surface area contributed by atoms with Crippen molar-refractivity contribution in [2.75, 3.05) is 0 Å². The standard InChI is InChI=1S/C30H25N2/c1-18-11-5-6-12-19(18)27-26-25-21-14-7-9-15-23(21)30(2,3)29(25)32-24-16-10-8-13-20(24)22(28(26)32)17-31(27)4/h5-17H,1-4H3/q+1. The van der Waals surface area contributed by atoms with E-state index < -0.39 is 0 Å². The smallest absolute Gasteiger partial charge is 0.222 e. The van der Waals surface area contributed by atoms with E-state index in [-0.39, 0.29) is 5.41 Å². The Labute approximate surface area is 187 Å². The lowest BCUT2D eigenvalue weighted by atomic mass is 9.85. The van der Waals surface area contributed by atoms with Crippen LogP contribution in [0.25, 0.3) is 49.6 Å². The molecule has 0 saturated carbocycles. The molecule has 0 amide bonds. The zero-order valence-corrected chi connectivity index (χ0v) is 18.9. The van der Waals surface area contributed by atoms with Crippen molar-refractivity contribution in [1.29, 1.82) is 0 Å². The summed E-state index contributed by atoms with van der Waals surface area (Å²) in [6.07, 6.45) is 2.33. The highest BCUT2D eigenvalue weighted by atomic mass is 15.0. The summed E-state index contributed by atoms with van der Waals surface area (Å²) < 4.78 is 4.91. The van der Waals surface area contributed by atoms with Gasteiger partial charge in [0.1, 0.15) is 7.05 Å². The highest BCUT2D eigenvalue weighted by molar-refractivity contribution is 6.21. The molecule has 0 atom stereocenters. The Morgan fingerprint density at radius 2 is 1.47 bits per heavy atom. The molecule has 0 aliphatic heterocycles. The van der Waals surface area contributed by atoms with E-state index >= 15 is 0 Å². The first-order valence-corrected chi connectivity index (χ1v) is 11.4. The second-order valence-electron chi connectivity index (χ2n) is 9.79. The third-order valence-electron chi connectivity index (χ3n) is 7.64. The zero-order valence-electron chi connectivity index (χ0n) is 18.9. The minimum atomic E-state index is -0.0682. The summed E-state index contributed by atoms with van der Waals surface area (Å²) in [5, 5.41) is 4.04. The highest BCUT2D eigenvalue weighted by Crippen LogP contribution is 2.55. The van der Waals surface area contributed by atoms with Crippen LogP contribution in [-0.4, -0.2) is 4.40 Å². The van der Waals surface area contributed by atoms with E-state index in [0.717, 1.165) is 0 Å². The molecule has 0 unspecified atom stereocenters. The number of hydrogen-bond donors (Lipinski definition) is 0. The number of fused-ring (bicyclic) bond motifs is 8. The quantitative estimate of drug-likeness (QED) is 0.262. The first-order chi connectivity index (χ1) is 15.5. The first-order valence-electron chi connectivity index (χ1n) is 11.4. The second kappa shape index (κ2) is 5.77. The molecule has 2 nitrogen and oxygen atoms in total. The van der Waals surface area contributed by atoms with Gasteiger partial charge in [-0.1, -0.05) is 74.5 Å². The maximum absolute atomic E-state index is 2.57. The molecule has 3 aromatic heterocycles. The molecule has 1 aliphatic rings. The van der Waals surface area contributed by atoms with E-state index in [4.69, 9.17) is 0 Å². The molecule has 2 heteroatoms. The molecule has 0 bridgehead atoms. The number of pyridine rings is 1. The van der Waals surface area contributed by atoms with Crippen LogP contribution < -0.4 is 4.57 Å². The summed E-state index contributed by atoms with van der Waals surface area (Å²) in [5.41, 5.74) is 12.1. The van der Waals surface area contributed by atoms with Gasteiger partial charge in [-0.25, -0.2) is 0 Å². The Bertz CT molecular complexity index is 1710. The average molecular weight is 414 g/mol. The minimum Gasteiger partial charge on any atom is -0.310 e. The van der Waals surface area contributed by atoms with Crippen molar-refractivity contribution in [3.8, 4) is 22.4 Å². The topological polar surface area (TPSA) is 8.29 Å². The maximum atomic E-state index is 2.57. The van der Waals surface area contributed by atoms with Crippen LogP contribution in [-0.2, 0) is 12.5 Å². The van der Waals surface area contributed by atoms with Crippen LogP contribution in [0.5, 0.6) is 0 Å². The van der Waals surface area contributed by atoms with Crippen molar-refractivity contribution in [3.63, 3.8) is 0 Å². The molecule has 0 fully saturated rings. The predicted octanol–water partition coefficient (Wildman–Crippen LogP) is 6.79. The van der Waals surface area contributed by atoms with Crippen molar-refractivity contribution in [1.82, 2.24) is 4.40 Å². The molecular formula is C30H25N2+. The van der Waals surface area contributed by atoms with Gasteiger partial charge >= 0.3 is 0 Å². The number of rotatable bonds is 1. The molecule has 1 aliphatic carbocycles. The number of benzene rings is 3. The van der Waals surface area contributed by atoms with Crippen molar-refractivity contribution >= 4 is 27.2 Å². The van der Waals surface area contributed by atoms with Gasteiger partial charge in [0.25, 0.3) is 0 Å². The van der Waals surface area contributed by atoms with Gasteiger partial charge in [0, 0.05) is 27.6 Å². The van der Waals surface area contributed by atoms with E-state index in [0.29, 0.717) is 0 Å². The molecule has 0 spiro atoms. The zero-order chi connectivity index (χ0) is 21.8. The molecular weight excluding hydrogens is 388 g/mol. The molecule has 7 rings (SSSR count).